The molecule has 0 spiro atoms. The second-order valence-electron chi connectivity index (χ2n) is 20.3. The number of fused-ring (bicyclic) bond motifs is 5. The second-order valence-corrected chi connectivity index (χ2v) is 20.3. The van der Waals surface area contributed by atoms with Crippen molar-refractivity contribution in [3.63, 3.8) is 0 Å². The Kier molecular flexibility index (Phi) is 9.05. The van der Waals surface area contributed by atoms with Crippen LogP contribution in [0, 0.1) is 0 Å². The van der Waals surface area contributed by atoms with Gasteiger partial charge in [0.25, 0.3) is 0 Å². The van der Waals surface area contributed by atoms with Gasteiger partial charge in [-0.3, -0.25) is 0 Å². The fraction of sp³-hybridized carbons (Fsp3) is 0.333. The molecule has 2 nitrogen and oxygen atoms in total. The van der Waals surface area contributed by atoms with Crippen molar-refractivity contribution in [1.82, 2.24) is 0 Å². The molecule has 2 unspecified atom stereocenters. The van der Waals surface area contributed by atoms with E-state index in [0.717, 1.165) is 22.6 Å². The molecule has 0 aromatic heterocycles. The van der Waals surface area contributed by atoms with Crippen LogP contribution in [0.15, 0.2) is 121 Å². The van der Waals surface area contributed by atoms with Gasteiger partial charge in [0.2, 0.25) is 0 Å². The van der Waals surface area contributed by atoms with E-state index >= 15 is 0 Å². The van der Waals surface area contributed by atoms with Gasteiger partial charge in [-0.05, 0) is 113 Å². The molecule has 2 heteroatoms. The normalized spacial score (nSPS) is 16.6. The Morgan fingerprint density at radius 2 is 0.643 bits per heavy atom. The van der Waals surface area contributed by atoms with Crippen LogP contribution < -0.4 is 4.74 Å². The summed E-state index contributed by atoms with van der Waals surface area (Å²) in [5.74, 6) is 1.73. The van der Waals surface area contributed by atoms with Crippen molar-refractivity contribution in [2.75, 3.05) is 0 Å². The molecule has 0 amide bonds. The number of ether oxygens (including phenoxy) is 2. The summed E-state index contributed by atoms with van der Waals surface area (Å²) in [4.78, 5) is 0. The lowest BCUT2D eigenvalue weighted by molar-refractivity contribution is 0.358. The molecule has 286 valence electrons. The van der Waals surface area contributed by atoms with Crippen molar-refractivity contribution < 1.29 is 9.47 Å². The van der Waals surface area contributed by atoms with Crippen molar-refractivity contribution in [1.29, 1.82) is 0 Å². The Morgan fingerprint density at radius 3 is 0.982 bits per heavy atom. The first-order chi connectivity index (χ1) is 26.3. The summed E-state index contributed by atoms with van der Waals surface area (Å²) >= 11 is 0. The maximum atomic E-state index is 6.78. The Balaban J connectivity index is 1.18. The molecular weight excluding hydrogens is 681 g/mol. The van der Waals surface area contributed by atoms with Crippen LogP contribution in [0.2, 0.25) is 0 Å². The highest BCUT2D eigenvalue weighted by molar-refractivity contribution is 5.86. The molecule has 6 aromatic carbocycles. The van der Waals surface area contributed by atoms with Gasteiger partial charge in [-0.2, -0.15) is 0 Å². The molecule has 2 atom stereocenters. The van der Waals surface area contributed by atoms with Crippen LogP contribution in [0.3, 0.4) is 0 Å². The fourth-order valence-electron chi connectivity index (χ4n) is 8.07. The fourth-order valence-corrected chi connectivity index (χ4v) is 8.07. The predicted octanol–water partition coefficient (Wildman–Crippen LogP) is 15.5. The van der Waals surface area contributed by atoms with E-state index in [-0.39, 0.29) is 33.9 Å². The molecule has 0 radical (unpaired) electrons. The third kappa shape index (κ3) is 7.25. The summed E-state index contributed by atoms with van der Waals surface area (Å²) < 4.78 is 13.4. The minimum absolute atomic E-state index is 0.0182. The van der Waals surface area contributed by atoms with Gasteiger partial charge in [0.1, 0.15) is 23.7 Å². The first-order valence-electron chi connectivity index (χ1n) is 20.4. The lowest BCUT2D eigenvalue weighted by Crippen LogP contribution is -2.11. The van der Waals surface area contributed by atoms with Crippen LogP contribution in [-0.4, -0.2) is 0 Å². The van der Waals surface area contributed by atoms with E-state index in [9.17, 15) is 0 Å². The van der Waals surface area contributed by atoms with Crippen LogP contribution in [0.4, 0.5) is 0 Å². The molecule has 2 aliphatic rings. The van der Waals surface area contributed by atoms with Crippen molar-refractivity contribution in [2.45, 2.75) is 117 Å². The zero-order chi connectivity index (χ0) is 39.9. The SMILES string of the molecule is CC(C)(C)c1ccc(-c2ccc(C(C)(C)C)cc2-c2ccc3c(c2)C2OC2c2cc(-c4cc(C(C)(C)C)ccc4-c4ccc(C(C)(C)C)cc4)ccc2O3)cc1. The van der Waals surface area contributed by atoms with E-state index < -0.39 is 0 Å². The quantitative estimate of drug-likeness (QED) is 0.168. The van der Waals surface area contributed by atoms with Gasteiger partial charge in [-0.1, -0.05) is 180 Å². The van der Waals surface area contributed by atoms with Crippen molar-refractivity contribution in [3.8, 4) is 56.0 Å². The summed E-state index contributed by atoms with van der Waals surface area (Å²) in [6.45, 7) is 27.3. The molecule has 0 aliphatic carbocycles. The molecule has 2 aliphatic heterocycles. The maximum Gasteiger partial charge on any atom is 0.133 e. The van der Waals surface area contributed by atoms with Gasteiger partial charge in [0, 0.05) is 11.1 Å². The van der Waals surface area contributed by atoms with Gasteiger partial charge in [0.05, 0.1) is 0 Å². The van der Waals surface area contributed by atoms with Crippen LogP contribution in [0.1, 0.15) is 129 Å². The molecular formula is C54H58O2. The number of rotatable bonds is 4. The number of epoxide rings is 1. The second kappa shape index (κ2) is 13.3. The summed E-state index contributed by atoms with van der Waals surface area (Å²) in [5, 5.41) is 0. The highest BCUT2D eigenvalue weighted by Gasteiger charge is 2.47. The van der Waals surface area contributed by atoms with Crippen molar-refractivity contribution in [3.05, 3.63) is 155 Å². The van der Waals surface area contributed by atoms with Crippen molar-refractivity contribution in [2.24, 2.45) is 0 Å². The third-order valence-electron chi connectivity index (χ3n) is 11.9. The Bertz CT molecular complexity index is 2260. The lowest BCUT2D eigenvalue weighted by Gasteiger charge is -2.23. The topological polar surface area (TPSA) is 21.8 Å². The smallest absolute Gasteiger partial charge is 0.133 e. The molecule has 56 heavy (non-hydrogen) atoms. The largest absolute Gasteiger partial charge is 0.457 e. The Labute approximate surface area is 336 Å². The summed E-state index contributed by atoms with van der Waals surface area (Å²) in [7, 11) is 0. The van der Waals surface area contributed by atoms with E-state index in [1.54, 1.807) is 0 Å². The lowest BCUT2D eigenvalue weighted by atomic mass is 9.82. The Hall–Kier alpha value is -4.92. The van der Waals surface area contributed by atoms with Crippen LogP contribution in [-0.2, 0) is 26.4 Å². The monoisotopic (exact) mass is 738 g/mol. The standard InChI is InChI=1S/C54H58O2/c1-51(2,3)37-19-13-33(14-20-37)41-25-23-39(53(7,8)9)31-43(41)35-17-27-47-45(29-35)49-50(56-49)46-30-36(18-28-48(46)55-47)44-32-40(54(10,11)12)24-26-42(44)34-15-21-38(22-16-34)52(4,5)6/h13-32,49-50H,1-12H3. The first-order valence-corrected chi connectivity index (χ1v) is 20.4. The van der Waals surface area contributed by atoms with Gasteiger partial charge in [-0.25, -0.2) is 0 Å². The van der Waals surface area contributed by atoms with E-state index in [4.69, 9.17) is 9.47 Å². The molecule has 6 aromatic rings. The minimum Gasteiger partial charge on any atom is -0.457 e. The van der Waals surface area contributed by atoms with Gasteiger partial charge in [-0.15, -0.1) is 0 Å². The molecule has 0 N–H and O–H groups in total. The minimum atomic E-state index is -0.0629. The van der Waals surface area contributed by atoms with Crippen molar-refractivity contribution >= 4 is 0 Å². The van der Waals surface area contributed by atoms with Crippen LogP contribution in [0.25, 0.3) is 44.5 Å². The molecule has 0 saturated carbocycles. The summed E-state index contributed by atoms with van der Waals surface area (Å²) in [6, 6.07) is 45.6. The predicted molar refractivity (Wildman–Crippen MR) is 236 cm³/mol. The molecule has 8 rings (SSSR count). The highest BCUT2D eigenvalue weighted by atomic mass is 16.6. The van der Waals surface area contributed by atoms with E-state index in [2.05, 4.69) is 204 Å². The molecule has 2 heterocycles. The van der Waals surface area contributed by atoms with Gasteiger partial charge < -0.3 is 9.47 Å². The zero-order valence-corrected chi connectivity index (χ0v) is 35.5. The van der Waals surface area contributed by atoms with Crippen LogP contribution in [0.5, 0.6) is 11.5 Å². The van der Waals surface area contributed by atoms with Crippen LogP contribution >= 0.6 is 0 Å². The Morgan fingerprint density at radius 1 is 0.321 bits per heavy atom. The zero-order valence-electron chi connectivity index (χ0n) is 35.5. The van der Waals surface area contributed by atoms with E-state index in [0.29, 0.717) is 0 Å². The molecule has 1 saturated heterocycles. The number of hydrogen-bond acceptors (Lipinski definition) is 2. The maximum absolute atomic E-state index is 6.78. The molecule has 1 fully saturated rings. The average Bonchev–Trinajstić information content (AvgIpc) is 3.95. The summed E-state index contributed by atoms with van der Waals surface area (Å²) in [6.07, 6.45) is -0.126. The van der Waals surface area contributed by atoms with E-state index in [1.807, 2.05) is 0 Å². The van der Waals surface area contributed by atoms with Gasteiger partial charge >= 0.3 is 0 Å². The molecule has 0 bridgehead atoms. The highest BCUT2D eigenvalue weighted by Crippen LogP contribution is 2.60. The number of hydrogen-bond donors (Lipinski definition) is 0. The average molecular weight is 739 g/mol. The summed E-state index contributed by atoms with van der Waals surface area (Å²) in [5.41, 5.74) is 17.5. The number of benzene rings is 6. The third-order valence-corrected chi connectivity index (χ3v) is 11.9. The van der Waals surface area contributed by atoms with E-state index in [1.165, 1.54) is 66.8 Å². The van der Waals surface area contributed by atoms with Gasteiger partial charge in [0.15, 0.2) is 0 Å². The first kappa shape index (κ1) is 38.0.